The van der Waals surface area contributed by atoms with Crippen LogP contribution in [0.4, 0.5) is 11.4 Å². The number of nitrogens with one attached hydrogen (secondary N) is 1. The molecule has 0 aliphatic carbocycles. The number of methoxy groups -OCH3 is 3. The minimum Gasteiger partial charge on any atom is -0.497 e. The Labute approximate surface area is 156 Å². The molecule has 1 N–H and O–H groups in total. The fourth-order valence-corrected chi connectivity index (χ4v) is 2.47. The fraction of sp³-hybridized carbons (Fsp3) is 0.211. The van der Waals surface area contributed by atoms with Gasteiger partial charge in [0.15, 0.2) is 0 Å². The zero-order valence-electron chi connectivity index (χ0n) is 15.4. The molecule has 1 amide bonds. The molecule has 0 bridgehead atoms. The first kappa shape index (κ1) is 19.8. The minimum atomic E-state index is -0.543. The SMILES string of the molecule is COc1ccc(/C(C)=C/C(=O)Nc2cc([N+](=O)[O-])ccc2OC)c(OC)c1. The van der Waals surface area contributed by atoms with Crippen LogP contribution in [0.15, 0.2) is 42.5 Å². The summed E-state index contributed by atoms with van der Waals surface area (Å²) in [6.07, 6.45) is 1.38. The molecule has 2 aromatic rings. The van der Waals surface area contributed by atoms with Crippen LogP contribution in [0.25, 0.3) is 5.57 Å². The average molecular weight is 372 g/mol. The molecular weight excluding hydrogens is 352 g/mol. The van der Waals surface area contributed by atoms with Crippen molar-refractivity contribution in [2.75, 3.05) is 26.6 Å². The molecule has 0 heterocycles. The van der Waals surface area contributed by atoms with Gasteiger partial charge in [0.1, 0.15) is 17.2 Å². The number of hydrogen-bond acceptors (Lipinski definition) is 6. The van der Waals surface area contributed by atoms with Gasteiger partial charge in [0, 0.05) is 29.8 Å². The Bertz CT molecular complexity index is 892. The molecule has 0 radical (unpaired) electrons. The molecule has 0 aliphatic rings. The van der Waals surface area contributed by atoms with Crippen molar-refractivity contribution < 1.29 is 23.9 Å². The molecule has 0 aliphatic heterocycles. The van der Waals surface area contributed by atoms with Gasteiger partial charge in [-0.1, -0.05) is 0 Å². The number of carbonyl (C=O) groups is 1. The van der Waals surface area contributed by atoms with E-state index in [2.05, 4.69) is 5.32 Å². The van der Waals surface area contributed by atoms with E-state index in [1.165, 1.54) is 38.5 Å². The second-order valence-electron chi connectivity index (χ2n) is 5.52. The number of nitro benzene ring substituents is 1. The van der Waals surface area contributed by atoms with Crippen molar-refractivity contribution in [2.45, 2.75) is 6.92 Å². The van der Waals surface area contributed by atoms with Crippen molar-refractivity contribution >= 4 is 22.9 Å². The molecule has 2 aromatic carbocycles. The maximum Gasteiger partial charge on any atom is 0.271 e. The van der Waals surface area contributed by atoms with Gasteiger partial charge >= 0.3 is 0 Å². The van der Waals surface area contributed by atoms with Gasteiger partial charge in [-0.2, -0.15) is 0 Å². The number of ether oxygens (including phenoxy) is 3. The van der Waals surface area contributed by atoms with Crippen LogP contribution in [-0.4, -0.2) is 32.2 Å². The van der Waals surface area contributed by atoms with Gasteiger partial charge in [-0.25, -0.2) is 0 Å². The van der Waals surface area contributed by atoms with Crippen molar-refractivity contribution in [3.63, 3.8) is 0 Å². The summed E-state index contributed by atoms with van der Waals surface area (Å²) in [5, 5.41) is 13.5. The van der Waals surface area contributed by atoms with Gasteiger partial charge in [-0.3, -0.25) is 14.9 Å². The summed E-state index contributed by atoms with van der Waals surface area (Å²) in [5.74, 6) is 1.06. The highest BCUT2D eigenvalue weighted by atomic mass is 16.6. The molecule has 0 fully saturated rings. The first-order chi connectivity index (χ1) is 12.9. The fourth-order valence-electron chi connectivity index (χ4n) is 2.47. The summed E-state index contributed by atoms with van der Waals surface area (Å²) in [6.45, 7) is 1.76. The maximum atomic E-state index is 12.4. The number of amides is 1. The van der Waals surface area contributed by atoms with Crippen molar-refractivity contribution in [3.8, 4) is 17.2 Å². The van der Waals surface area contributed by atoms with Crippen LogP contribution < -0.4 is 19.5 Å². The number of hydrogen-bond donors (Lipinski definition) is 1. The molecule has 0 spiro atoms. The highest BCUT2D eigenvalue weighted by Gasteiger charge is 2.14. The van der Waals surface area contributed by atoms with Crippen molar-refractivity contribution in [1.29, 1.82) is 0 Å². The van der Waals surface area contributed by atoms with Crippen LogP contribution in [0.2, 0.25) is 0 Å². The van der Waals surface area contributed by atoms with E-state index in [1.54, 1.807) is 32.2 Å². The normalized spacial score (nSPS) is 10.9. The molecule has 0 unspecified atom stereocenters. The Kier molecular flexibility index (Phi) is 6.37. The monoisotopic (exact) mass is 372 g/mol. The largest absolute Gasteiger partial charge is 0.497 e. The van der Waals surface area contributed by atoms with Gasteiger partial charge in [-0.05, 0) is 30.7 Å². The number of carbonyl (C=O) groups excluding carboxylic acids is 1. The van der Waals surface area contributed by atoms with Gasteiger partial charge in [-0.15, -0.1) is 0 Å². The predicted molar refractivity (Wildman–Crippen MR) is 101 cm³/mol. The van der Waals surface area contributed by atoms with Gasteiger partial charge in [0.2, 0.25) is 5.91 Å². The number of nitrogens with zero attached hydrogens (tertiary/aromatic N) is 1. The van der Waals surface area contributed by atoms with Crippen LogP contribution in [0, 0.1) is 10.1 Å². The quantitative estimate of drug-likeness (QED) is 0.452. The number of nitro groups is 1. The van der Waals surface area contributed by atoms with E-state index >= 15 is 0 Å². The average Bonchev–Trinajstić information content (AvgIpc) is 2.66. The van der Waals surface area contributed by atoms with E-state index in [1.807, 2.05) is 0 Å². The van der Waals surface area contributed by atoms with Gasteiger partial charge in [0.25, 0.3) is 5.69 Å². The summed E-state index contributed by atoms with van der Waals surface area (Å²) in [6, 6.07) is 9.23. The van der Waals surface area contributed by atoms with E-state index < -0.39 is 10.8 Å². The smallest absolute Gasteiger partial charge is 0.271 e. The second-order valence-corrected chi connectivity index (χ2v) is 5.52. The Morgan fingerprint density at radius 1 is 1.04 bits per heavy atom. The summed E-state index contributed by atoms with van der Waals surface area (Å²) in [5.41, 5.74) is 1.43. The lowest BCUT2D eigenvalue weighted by molar-refractivity contribution is -0.384. The molecule has 8 nitrogen and oxygen atoms in total. The number of allylic oxidation sites excluding steroid dienone is 1. The standard InChI is InChI=1S/C19H20N2O6/c1-12(15-7-6-14(25-2)11-18(15)27-4)9-19(22)20-16-10-13(21(23)24)5-8-17(16)26-3/h5-11H,1-4H3,(H,20,22)/b12-9+. The Hall–Kier alpha value is -3.55. The highest BCUT2D eigenvalue weighted by molar-refractivity contribution is 6.05. The van der Waals surface area contributed by atoms with E-state index in [9.17, 15) is 14.9 Å². The van der Waals surface area contributed by atoms with E-state index in [4.69, 9.17) is 14.2 Å². The maximum absolute atomic E-state index is 12.4. The first-order valence-electron chi connectivity index (χ1n) is 7.93. The minimum absolute atomic E-state index is 0.149. The van der Waals surface area contributed by atoms with Gasteiger partial charge < -0.3 is 19.5 Å². The van der Waals surface area contributed by atoms with E-state index in [-0.39, 0.29) is 11.4 Å². The molecule has 0 saturated heterocycles. The molecular formula is C19H20N2O6. The molecule has 27 heavy (non-hydrogen) atoms. The summed E-state index contributed by atoms with van der Waals surface area (Å²) >= 11 is 0. The Morgan fingerprint density at radius 3 is 2.33 bits per heavy atom. The van der Waals surface area contributed by atoms with Crippen molar-refractivity contribution in [2.24, 2.45) is 0 Å². The second kappa shape index (κ2) is 8.70. The lowest BCUT2D eigenvalue weighted by Gasteiger charge is -2.12. The Balaban J connectivity index is 2.29. The number of benzene rings is 2. The van der Waals surface area contributed by atoms with Crippen molar-refractivity contribution in [3.05, 3.63) is 58.2 Å². The predicted octanol–water partition coefficient (Wildman–Crippen LogP) is 3.66. The number of non-ortho nitro benzene ring substituents is 1. The summed E-state index contributed by atoms with van der Waals surface area (Å²) < 4.78 is 15.6. The summed E-state index contributed by atoms with van der Waals surface area (Å²) in [4.78, 5) is 22.8. The third kappa shape index (κ3) is 4.75. The summed E-state index contributed by atoms with van der Waals surface area (Å²) in [7, 11) is 4.50. The molecule has 2 rings (SSSR count). The first-order valence-corrected chi connectivity index (χ1v) is 7.93. The molecule has 142 valence electrons. The van der Waals surface area contributed by atoms with Gasteiger partial charge in [0.05, 0.1) is 31.9 Å². The zero-order chi connectivity index (χ0) is 20.0. The van der Waals surface area contributed by atoms with Crippen LogP contribution >= 0.6 is 0 Å². The lowest BCUT2D eigenvalue weighted by Crippen LogP contribution is -2.10. The van der Waals surface area contributed by atoms with E-state index in [0.29, 0.717) is 22.8 Å². The highest BCUT2D eigenvalue weighted by Crippen LogP contribution is 2.31. The van der Waals surface area contributed by atoms with Crippen molar-refractivity contribution in [1.82, 2.24) is 0 Å². The van der Waals surface area contributed by atoms with Crippen LogP contribution in [0.5, 0.6) is 17.2 Å². The zero-order valence-corrected chi connectivity index (χ0v) is 15.4. The molecule has 0 aromatic heterocycles. The lowest BCUT2D eigenvalue weighted by atomic mass is 10.1. The van der Waals surface area contributed by atoms with Crippen LogP contribution in [0.3, 0.4) is 0 Å². The Morgan fingerprint density at radius 2 is 1.74 bits per heavy atom. The third-order valence-corrected chi connectivity index (χ3v) is 3.83. The van der Waals surface area contributed by atoms with E-state index in [0.717, 1.165) is 5.56 Å². The number of rotatable bonds is 7. The number of anilines is 1. The molecule has 8 heteroatoms. The molecule has 0 atom stereocenters. The van der Waals surface area contributed by atoms with Crippen LogP contribution in [-0.2, 0) is 4.79 Å². The van der Waals surface area contributed by atoms with Crippen LogP contribution in [0.1, 0.15) is 12.5 Å². The molecule has 0 saturated carbocycles. The third-order valence-electron chi connectivity index (χ3n) is 3.83. The topological polar surface area (TPSA) is 99.9 Å².